The second kappa shape index (κ2) is 11.1. The van der Waals surface area contributed by atoms with Gasteiger partial charge in [-0.05, 0) is 116 Å². The lowest BCUT2D eigenvalue weighted by molar-refractivity contribution is 0.649. The smallest absolute Gasteiger partial charge is 0.0165 e. The Kier molecular flexibility index (Phi) is 6.46. The molecule has 54 heavy (non-hydrogen) atoms. The van der Waals surface area contributed by atoms with E-state index in [1.807, 2.05) is 0 Å². The standard InChI is InChI=1S/C54H40/c1-53(2)46-28-16-14-22-37(46)45-32-44(51-50(52(45)53)43-27-15-17-29-47(43)54(51,3)4)36-30-31-42(35-21-9-8-20-34(35)36)49-40-25-12-10-23-38(40)48(33-18-6-5-7-19-33)39-24-11-13-26-41(39)49/h5-32H,1-4H3. The summed E-state index contributed by atoms with van der Waals surface area (Å²) in [5.41, 5.74) is 18.8. The van der Waals surface area contributed by atoms with Crippen LogP contribution < -0.4 is 0 Å². The Balaban J connectivity index is 1.24. The van der Waals surface area contributed by atoms with Gasteiger partial charge in [-0.1, -0.05) is 191 Å². The lowest BCUT2D eigenvalue weighted by Gasteiger charge is -2.29. The molecular weight excluding hydrogens is 649 g/mol. The Morgan fingerprint density at radius 2 is 0.685 bits per heavy atom. The van der Waals surface area contributed by atoms with E-state index in [1.165, 1.54) is 110 Å². The van der Waals surface area contributed by atoms with Gasteiger partial charge < -0.3 is 0 Å². The molecule has 0 saturated heterocycles. The van der Waals surface area contributed by atoms with E-state index in [0.717, 1.165) is 0 Å². The normalized spacial score (nSPS) is 14.6. The van der Waals surface area contributed by atoms with Gasteiger partial charge in [0.15, 0.2) is 0 Å². The fraction of sp³-hybridized carbons (Fsp3) is 0.111. The van der Waals surface area contributed by atoms with Crippen LogP contribution >= 0.6 is 0 Å². The molecule has 0 fully saturated rings. The molecule has 2 aliphatic carbocycles. The van der Waals surface area contributed by atoms with Crippen LogP contribution in [0.1, 0.15) is 49.9 Å². The first-order valence-corrected chi connectivity index (χ1v) is 19.3. The summed E-state index contributed by atoms with van der Waals surface area (Å²) in [5, 5.41) is 7.69. The number of hydrogen-bond donors (Lipinski definition) is 0. The average molecular weight is 689 g/mol. The van der Waals surface area contributed by atoms with E-state index in [1.54, 1.807) is 0 Å². The van der Waals surface area contributed by atoms with Crippen molar-refractivity contribution in [3.8, 4) is 55.6 Å². The lowest BCUT2D eigenvalue weighted by Crippen LogP contribution is -2.19. The van der Waals surface area contributed by atoms with Crippen LogP contribution in [0.25, 0.3) is 88.0 Å². The van der Waals surface area contributed by atoms with E-state index < -0.39 is 0 Å². The summed E-state index contributed by atoms with van der Waals surface area (Å²) in [6.07, 6.45) is 0. The molecule has 0 nitrogen and oxygen atoms in total. The first-order valence-electron chi connectivity index (χ1n) is 19.3. The van der Waals surface area contributed by atoms with Crippen LogP contribution in [-0.2, 0) is 10.8 Å². The second-order valence-corrected chi connectivity index (χ2v) is 16.4. The molecule has 0 saturated carbocycles. The van der Waals surface area contributed by atoms with Gasteiger partial charge in [-0.3, -0.25) is 0 Å². The zero-order valence-corrected chi connectivity index (χ0v) is 31.2. The molecule has 0 aliphatic heterocycles. The molecule has 0 amide bonds. The highest BCUT2D eigenvalue weighted by molar-refractivity contribution is 6.24. The minimum absolute atomic E-state index is 0.109. The van der Waals surface area contributed by atoms with Gasteiger partial charge >= 0.3 is 0 Å². The second-order valence-electron chi connectivity index (χ2n) is 16.4. The SMILES string of the molecule is CC1(C)c2ccccc2-c2cc(-c3ccc(-c4c5ccccc5c(-c5ccccc5)c5ccccc45)c4ccccc34)c3c(c21)-c1ccccc1C3(C)C. The highest BCUT2D eigenvalue weighted by Gasteiger charge is 2.46. The molecule has 0 bridgehead atoms. The Bertz CT molecular complexity index is 2970. The van der Waals surface area contributed by atoms with Gasteiger partial charge in [-0.15, -0.1) is 0 Å². The summed E-state index contributed by atoms with van der Waals surface area (Å²) in [4.78, 5) is 0. The number of hydrogen-bond acceptors (Lipinski definition) is 0. The molecule has 11 rings (SSSR count). The van der Waals surface area contributed by atoms with E-state index in [-0.39, 0.29) is 10.8 Å². The van der Waals surface area contributed by atoms with Crippen molar-refractivity contribution in [3.05, 3.63) is 192 Å². The maximum Gasteiger partial charge on any atom is 0.0165 e. The van der Waals surface area contributed by atoms with Gasteiger partial charge in [0.1, 0.15) is 0 Å². The van der Waals surface area contributed by atoms with Gasteiger partial charge in [0.05, 0.1) is 0 Å². The van der Waals surface area contributed by atoms with Crippen molar-refractivity contribution >= 4 is 32.3 Å². The third-order valence-corrected chi connectivity index (χ3v) is 12.8. The summed E-state index contributed by atoms with van der Waals surface area (Å²) >= 11 is 0. The van der Waals surface area contributed by atoms with Crippen LogP contribution in [0.3, 0.4) is 0 Å². The van der Waals surface area contributed by atoms with Crippen molar-refractivity contribution in [1.82, 2.24) is 0 Å². The van der Waals surface area contributed by atoms with Gasteiger partial charge in [0.2, 0.25) is 0 Å². The summed E-state index contributed by atoms with van der Waals surface area (Å²) in [7, 11) is 0. The predicted octanol–water partition coefficient (Wildman–Crippen LogP) is 14.8. The zero-order chi connectivity index (χ0) is 36.3. The summed E-state index contributed by atoms with van der Waals surface area (Å²) in [5.74, 6) is 0. The molecule has 0 heterocycles. The zero-order valence-electron chi connectivity index (χ0n) is 31.2. The molecular formula is C54H40. The Morgan fingerprint density at radius 1 is 0.278 bits per heavy atom. The fourth-order valence-electron chi connectivity index (χ4n) is 10.5. The molecule has 0 atom stereocenters. The molecule has 2 aliphatic rings. The Morgan fingerprint density at radius 3 is 1.28 bits per heavy atom. The molecule has 256 valence electrons. The monoisotopic (exact) mass is 688 g/mol. The Labute approximate surface area is 317 Å². The predicted molar refractivity (Wildman–Crippen MR) is 230 cm³/mol. The lowest BCUT2D eigenvalue weighted by atomic mass is 9.74. The number of rotatable bonds is 3. The molecule has 0 heteroatoms. The minimum atomic E-state index is -0.166. The maximum absolute atomic E-state index is 2.55. The first kappa shape index (κ1) is 31.3. The first-order chi connectivity index (χ1) is 26.4. The van der Waals surface area contributed by atoms with Crippen molar-refractivity contribution in [3.63, 3.8) is 0 Å². The topological polar surface area (TPSA) is 0 Å². The van der Waals surface area contributed by atoms with Crippen molar-refractivity contribution in [2.75, 3.05) is 0 Å². The van der Waals surface area contributed by atoms with Crippen LogP contribution in [0.15, 0.2) is 170 Å². The van der Waals surface area contributed by atoms with E-state index >= 15 is 0 Å². The van der Waals surface area contributed by atoms with Crippen LogP contribution in [0, 0.1) is 0 Å². The average Bonchev–Trinajstić information content (AvgIpc) is 3.59. The van der Waals surface area contributed by atoms with Crippen LogP contribution in [0.5, 0.6) is 0 Å². The van der Waals surface area contributed by atoms with Crippen LogP contribution in [0.4, 0.5) is 0 Å². The van der Waals surface area contributed by atoms with Gasteiger partial charge in [0.25, 0.3) is 0 Å². The molecule has 0 aromatic heterocycles. The fourth-order valence-corrected chi connectivity index (χ4v) is 10.5. The highest BCUT2D eigenvalue weighted by Crippen LogP contribution is 2.62. The van der Waals surface area contributed by atoms with E-state index in [4.69, 9.17) is 0 Å². The Hall–Kier alpha value is -6.24. The molecule has 0 N–H and O–H groups in total. The van der Waals surface area contributed by atoms with Crippen molar-refractivity contribution in [2.24, 2.45) is 0 Å². The molecule has 0 unspecified atom stereocenters. The van der Waals surface area contributed by atoms with Gasteiger partial charge in [-0.25, -0.2) is 0 Å². The molecule has 9 aromatic rings. The quantitative estimate of drug-likeness (QED) is 0.162. The van der Waals surface area contributed by atoms with Crippen molar-refractivity contribution in [2.45, 2.75) is 38.5 Å². The van der Waals surface area contributed by atoms with Crippen molar-refractivity contribution in [1.29, 1.82) is 0 Å². The van der Waals surface area contributed by atoms with Gasteiger partial charge in [0, 0.05) is 10.8 Å². The van der Waals surface area contributed by atoms with E-state index in [0.29, 0.717) is 0 Å². The van der Waals surface area contributed by atoms with Gasteiger partial charge in [-0.2, -0.15) is 0 Å². The maximum atomic E-state index is 2.55. The summed E-state index contributed by atoms with van der Waals surface area (Å²) in [6, 6.07) is 63.6. The van der Waals surface area contributed by atoms with E-state index in [2.05, 4.69) is 198 Å². The number of fused-ring (bicyclic) bond motifs is 10. The summed E-state index contributed by atoms with van der Waals surface area (Å²) in [6.45, 7) is 9.72. The third-order valence-electron chi connectivity index (χ3n) is 12.8. The van der Waals surface area contributed by atoms with E-state index in [9.17, 15) is 0 Å². The molecule has 9 aromatic carbocycles. The summed E-state index contributed by atoms with van der Waals surface area (Å²) < 4.78 is 0. The highest BCUT2D eigenvalue weighted by atomic mass is 14.5. The van der Waals surface area contributed by atoms with Crippen LogP contribution in [0.2, 0.25) is 0 Å². The number of benzene rings is 9. The molecule has 0 spiro atoms. The third kappa shape index (κ3) is 4.09. The van der Waals surface area contributed by atoms with Crippen LogP contribution in [-0.4, -0.2) is 0 Å². The van der Waals surface area contributed by atoms with Crippen molar-refractivity contribution < 1.29 is 0 Å². The molecule has 0 radical (unpaired) electrons. The largest absolute Gasteiger partial charge is 0.0622 e. The minimum Gasteiger partial charge on any atom is -0.0622 e.